The minimum Gasteiger partial charge on any atom is -0.458 e. The summed E-state index contributed by atoms with van der Waals surface area (Å²) in [7, 11) is 0. The Kier molecular flexibility index (Phi) is 6.41. The van der Waals surface area contributed by atoms with Crippen molar-refractivity contribution in [3.05, 3.63) is 24.3 Å². The minimum absolute atomic E-state index is 0.00800. The lowest BCUT2D eigenvalue weighted by molar-refractivity contribution is -0.161. The fourth-order valence-electron chi connectivity index (χ4n) is 1.72. The number of hydrogen-bond donors (Lipinski definition) is 2. The Labute approximate surface area is 117 Å². The molecule has 0 bridgehead atoms. The Morgan fingerprint density at radius 1 is 1.45 bits per heavy atom. The van der Waals surface area contributed by atoms with Gasteiger partial charge >= 0.3 is 11.9 Å². The van der Waals surface area contributed by atoms with Crippen molar-refractivity contribution in [1.29, 1.82) is 0 Å². The number of allylic oxidation sites excluding steroid dienone is 1. The zero-order chi connectivity index (χ0) is 15.1. The van der Waals surface area contributed by atoms with Crippen LogP contribution in [0.2, 0.25) is 0 Å². The molecule has 1 aliphatic heterocycles. The molecule has 0 spiro atoms. The molecule has 0 aliphatic carbocycles. The standard InChI is InChI=1S/C14H20O6/c1-3-4-13(17)20-12-7-5-10(15)11(16)6-8-14(18)19-9(12)2/h3-5,7,9-12,15-16H,6,8H2,1-2H3/b4-3+,7-5+/t9-,10-,11+,12+/m1/s1. The highest BCUT2D eigenvalue weighted by Gasteiger charge is 2.25. The number of hydrogen-bond acceptors (Lipinski definition) is 6. The van der Waals surface area contributed by atoms with Crippen LogP contribution in [-0.4, -0.2) is 46.6 Å². The highest BCUT2D eigenvalue weighted by molar-refractivity contribution is 5.82. The van der Waals surface area contributed by atoms with Gasteiger partial charge in [0.05, 0.1) is 12.2 Å². The van der Waals surface area contributed by atoms with Crippen LogP contribution in [0.25, 0.3) is 0 Å². The van der Waals surface area contributed by atoms with Gasteiger partial charge in [-0.25, -0.2) is 4.79 Å². The number of rotatable bonds is 2. The first kappa shape index (κ1) is 16.4. The molecule has 4 atom stereocenters. The van der Waals surface area contributed by atoms with Gasteiger partial charge in [-0.1, -0.05) is 12.2 Å². The Morgan fingerprint density at radius 2 is 2.15 bits per heavy atom. The number of esters is 2. The first-order valence-electron chi connectivity index (χ1n) is 6.51. The Bertz CT molecular complexity index is 400. The molecule has 0 unspecified atom stereocenters. The van der Waals surface area contributed by atoms with E-state index in [9.17, 15) is 19.8 Å². The zero-order valence-corrected chi connectivity index (χ0v) is 11.6. The summed E-state index contributed by atoms with van der Waals surface area (Å²) in [4.78, 5) is 23.0. The summed E-state index contributed by atoms with van der Waals surface area (Å²) in [5, 5.41) is 19.3. The lowest BCUT2D eigenvalue weighted by atomic mass is 10.1. The summed E-state index contributed by atoms with van der Waals surface area (Å²) in [6, 6.07) is 0. The second kappa shape index (κ2) is 7.81. The van der Waals surface area contributed by atoms with Gasteiger partial charge in [0.25, 0.3) is 0 Å². The molecule has 112 valence electrons. The number of ether oxygens (including phenoxy) is 2. The molecule has 20 heavy (non-hydrogen) atoms. The van der Waals surface area contributed by atoms with E-state index in [0.29, 0.717) is 0 Å². The van der Waals surface area contributed by atoms with Gasteiger partial charge in [-0.15, -0.1) is 0 Å². The highest BCUT2D eigenvalue weighted by Crippen LogP contribution is 2.14. The van der Waals surface area contributed by atoms with Crippen molar-refractivity contribution < 1.29 is 29.3 Å². The quantitative estimate of drug-likeness (QED) is 0.435. The number of carbonyl (C=O) groups excluding carboxylic acids is 2. The SMILES string of the molecule is C/C=C/C(=O)O[C@H]1/C=C/[C@@H](O)[C@@H](O)CCC(=O)O[C@@H]1C. The van der Waals surface area contributed by atoms with E-state index in [-0.39, 0.29) is 12.8 Å². The molecule has 0 radical (unpaired) electrons. The van der Waals surface area contributed by atoms with Crippen molar-refractivity contribution in [1.82, 2.24) is 0 Å². The van der Waals surface area contributed by atoms with Crippen LogP contribution in [0.15, 0.2) is 24.3 Å². The fourth-order valence-corrected chi connectivity index (χ4v) is 1.72. The largest absolute Gasteiger partial charge is 0.458 e. The molecular weight excluding hydrogens is 264 g/mol. The van der Waals surface area contributed by atoms with E-state index in [4.69, 9.17) is 9.47 Å². The molecule has 0 amide bonds. The lowest BCUT2D eigenvalue weighted by Gasteiger charge is -2.24. The molecule has 6 heteroatoms. The highest BCUT2D eigenvalue weighted by atomic mass is 16.6. The van der Waals surface area contributed by atoms with E-state index in [1.54, 1.807) is 13.8 Å². The maximum absolute atomic E-state index is 11.5. The van der Waals surface area contributed by atoms with E-state index in [1.807, 2.05) is 0 Å². The van der Waals surface area contributed by atoms with Crippen LogP contribution in [0, 0.1) is 0 Å². The third kappa shape index (κ3) is 5.14. The zero-order valence-electron chi connectivity index (χ0n) is 11.6. The molecule has 1 aliphatic rings. The van der Waals surface area contributed by atoms with Crippen LogP contribution < -0.4 is 0 Å². The molecule has 6 nitrogen and oxygen atoms in total. The molecule has 0 fully saturated rings. The van der Waals surface area contributed by atoms with Crippen LogP contribution in [0.5, 0.6) is 0 Å². The third-order valence-corrected chi connectivity index (χ3v) is 2.87. The van der Waals surface area contributed by atoms with Crippen molar-refractivity contribution in [2.45, 2.75) is 51.1 Å². The maximum atomic E-state index is 11.5. The smallest absolute Gasteiger partial charge is 0.331 e. The number of aliphatic hydroxyl groups excluding tert-OH is 2. The van der Waals surface area contributed by atoms with Crippen molar-refractivity contribution in [2.24, 2.45) is 0 Å². The number of carbonyl (C=O) groups is 2. The molecule has 0 aromatic rings. The van der Waals surface area contributed by atoms with Crippen molar-refractivity contribution in [3.63, 3.8) is 0 Å². The van der Waals surface area contributed by atoms with E-state index in [1.165, 1.54) is 24.3 Å². The van der Waals surface area contributed by atoms with Gasteiger partial charge in [-0.05, 0) is 26.3 Å². The van der Waals surface area contributed by atoms with Gasteiger partial charge in [-0.3, -0.25) is 4.79 Å². The summed E-state index contributed by atoms with van der Waals surface area (Å²) in [6.45, 7) is 3.27. The maximum Gasteiger partial charge on any atom is 0.331 e. The van der Waals surface area contributed by atoms with Crippen LogP contribution in [0.1, 0.15) is 26.7 Å². The molecule has 1 heterocycles. The van der Waals surface area contributed by atoms with E-state index >= 15 is 0 Å². The minimum atomic E-state index is -1.11. The van der Waals surface area contributed by atoms with Crippen molar-refractivity contribution in [2.75, 3.05) is 0 Å². The number of cyclic esters (lactones) is 1. The van der Waals surface area contributed by atoms with Gasteiger partial charge in [0.1, 0.15) is 6.10 Å². The summed E-state index contributed by atoms with van der Waals surface area (Å²) in [5.41, 5.74) is 0. The summed E-state index contributed by atoms with van der Waals surface area (Å²) >= 11 is 0. The molecule has 0 saturated heterocycles. The third-order valence-electron chi connectivity index (χ3n) is 2.87. The molecule has 2 N–H and O–H groups in total. The molecule has 0 saturated carbocycles. The first-order chi connectivity index (χ1) is 9.43. The van der Waals surface area contributed by atoms with Gasteiger partial charge < -0.3 is 19.7 Å². The molecule has 1 rings (SSSR count). The predicted octanol–water partition coefficient (Wildman–Crippen LogP) is 0.478. The summed E-state index contributed by atoms with van der Waals surface area (Å²) in [5.74, 6) is -1.08. The van der Waals surface area contributed by atoms with Gasteiger partial charge in [0.2, 0.25) is 0 Å². The summed E-state index contributed by atoms with van der Waals surface area (Å²) in [6.07, 6.45) is 1.97. The van der Waals surface area contributed by atoms with Crippen LogP contribution in [-0.2, 0) is 19.1 Å². The van der Waals surface area contributed by atoms with Gasteiger partial charge in [0, 0.05) is 12.5 Å². The molecular formula is C14H20O6. The average Bonchev–Trinajstić information content (AvgIpc) is 2.39. The van der Waals surface area contributed by atoms with Crippen molar-refractivity contribution in [3.8, 4) is 0 Å². The van der Waals surface area contributed by atoms with Crippen molar-refractivity contribution >= 4 is 11.9 Å². The second-order valence-electron chi connectivity index (χ2n) is 4.58. The lowest BCUT2D eigenvalue weighted by Crippen LogP contribution is -2.34. The van der Waals surface area contributed by atoms with Crippen LogP contribution in [0.3, 0.4) is 0 Å². The monoisotopic (exact) mass is 284 g/mol. The Hall–Kier alpha value is -1.66. The average molecular weight is 284 g/mol. The van der Waals surface area contributed by atoms with E-state index in [2.05, 4.69) is 0 Å². The van der Waals surface area contributed by atoms with E-state index in [0.717, 1.165) is 0 Å². The van der Waals surface area contributed by atoms with Gasteiger partial charge in [-0.2, -0.15) is 0 Å². The fraction of sp³-hybridized carbons (Fsp3) is 0.571. The Morgan fingerprint density at radius 3 is 2.80 bits per heavy atom. The Balaban J connectivity index is 2.86. The molecule has 0 aromatic heterocycles. The topological polar surface area (TPSA) is 93.1 Å². The summed E-state index contributed by atoms with van der Waals surface area (Å²) < 4.78 is 10.2. The first-order valence-corrected chi connectivity index (χ1v) is 6.51. The van der Waals surface area contributed by atoms with Crippen LogP contribution in [0.4, 0.5) is 0 Å². The molecule has 0 aromatic carbocycles. The van der Waals surface area contributed by atoms with Crippen LogP contribution >= 0.6 is 0 Å². The normalized spacial score (nSPS) is 33.5. The van der Waals surface area contributed by atoms with Gasteiger partial charge in [0.15, 0.2) is 6.10 Å². The predicted molar refractivity (Wildman–Crippen MR) is 70.6 cm³/mol. The van der Waals surface area contributed by atoms with E-state index < -0.39 is 36.4 Å². The number of aliphatic hydroxyl groups is 2. The second-order valence-corrected chi connectivity index (χ2v) is 4.58.